The van der Waals surface area contributed by atoms with Crippen LogP contribution in [0.1, 0.15) is 12.5 Å². The van der Waals surface area contributed by atoms with Crippen LogP contribution >= 0.6 is 0 Å². The first-order chi connectivity index (χ1) is 18.3. The summed E-state index contributed by atoms with van der Waals surface area (Å²) in [6.45, 7) is -0.781. The van der Waals surface area contributed by atoms with E-state index in [1.54, 1.807) is 0 Å². The molecule has 0 amide bonds. The van der Waals surface area contributed by atoms with Crippen molar-refractivity contribution in [3.63, 3.8) is 0 Å². The predicted molar refractivity (Wildman–Crippen MR) is 125 cm³/mol. The molecule has 2 aliphatic heterocycles. The molecule has 18 nitrogen and oxygen atoms in total. The third-order valence-corrected chi connectivity index (χ3v) is 6.36. The molecule has 0 bridgehead atoms. The van der Waals surface area contributed by atoms with E-state index < -0.39 is 62.3 Å². The average molecular weight is 534 g/mol. The van der Waals surface area contributed by atoms with E-state index in [2.05, 4.69) is 29.9 Å². The summed E-state index contributed by atoms with van der Waals surface area (Å²) in [5.74, 6) is 0.436. The van der Waals surface area contributed by atoms with Gasteiger partial charge in [0.2, 0.25) is 0 Å². The van der Waals surface area contributed by atoms with Crippen LogP contribution in [0.5, 0.6) is 0 Å². The minimum absolute atomic E-state index is 0.218. The summed E-state index contributed by atoms with van der Waals surface area (Å²) in [5, 5.41) is 57.5. The summed E-state index contributed by atoms with van der Waals surface area (Å²) in [6, 6.07) is 0. The van der Waals surface area contributed by atoms with Gasteiger partial charge in [0.05, 0.1) is 25.9 Å². The van der Waals surface area contributed by atoms with E-state index in [0.29, 0.717) is 22.3 Å². The molecule has 4 aromatic rings. The van der Waals surface area contributed by atoms with Crippen molar-refractivity contribution in [2.24, 2.45) is 0 Å². The number of aromatic nitrogens is 8. The molecule has 1 unspecified atom stereocenters. The van der Waals surface area contributed by atoms with Gasteiger partial charge in [0.15, 0.2) is 35.4 Å². The molecule has 8 atom stereocenters. The number of aliphatic hydroxyl groups excluding tert-OH is 6. The lowest BCUT2D eigenvalue weighted by molar-refractivity contribution is -0.0511. The molecule has 2 aliphatic rings. The fourth-order valence-corrected chi connectivity index (χ4v) is 4.33. The number of nitrogens with zero attached hydrogens (tertiary/aromatic N) is 8. The third-order valence-electron chi connectivity index (χ3n) is 6.36. The molecular weight excluding hydrogens is 508 g/mol. The summed E-state index contributed by atoms with van der Waals surface area (Å²) in [6.07, 6.45) is -2.85. The van der Waals surface area contributed by atoms with Crippen molar-refractivity contribution in [3.8, 4) is 0 Å². The minimum Gasteiger partial charge on any atom is -0.394 e. The van der Waals surface area contributed by atoms with Crippen molar-refractivity contribution in [1.82, 2.24) is 39.0 Å². The molecule has 2 fully saturated rings. The van der Waals surface area contributed by atoms with Gasteiger partial charge in [-0.2, -0.15) is 0 Å². The Morgan fingerprint density at radius 2 is 1.03 bits per heavy atom. The first-order valence-electron chi connectivity index (χ1n) is 11.4. The molecule has 0 radical (unpaired) electrons. The quantitative estimate of drug-likeness (QED) is 0.124. The Kier molecular flexibility index (Phi) is 7.03. The molecule has 204 valence electrons. The lowest BCUT2D eigenvalue weighted by Crippen LogP contribution is -2.33. The highest BCUT2D eigenvalue weighted by Crippen LogP contribution is 2.32. The van der Waals surface area contributed by atoms with Crippen LogP contribution in [0.4, 0.5) is 11.6 Å². The van der Waals surface area contributed by atoms with Gasteiger partial charge in [0, 0.05) is 0 Å². The largest absolute Gasteiger partial charge is 0.394 e. The summed E-state index contributed by atoms with van der Waals surface area (Å²) in [5.41, 5.74) is 12.9. The van der Waals surface area contributed by atoms with Gasteiger partial charge >= 0.3 is 0 Å². The molecule has 0 spiro atoms. The maximum absolute atomic E-state index is 9.95. The Hall–Kier alpha value is -3.62. The predicted octanol–water partition coefficient (Wildman–Crippen LogP) is -3.96. The standard InChI is InChI=1S/2C10H13N5O4/c2*11-8-5-9(13-2-12-8)15(3-14-5)10-7(18)6(17)4(1-16)19-10/h2*2-4,6-7,10,16-18H,1H2,(H2,11,12,13)/t4-,6-,7-,10?;4-,6-,7-,10-/m11/s1. The normalized spacial score (nSPS) is 31.1. The average Bonchev–Trinajstić information content (AvgIpc) is 3.67. The lowest BCUT2D eigenvalue weighted by Gasteiger charge is -2.16. The molecule has 0 aliphatic carbocycles. The van der Waals surface area contributed by atoms with Crippen molar-refractivity contribution in [1.29, 1.82) is 0 Å². The number of hydrogen-bond acceptors (Lipinski definition) is 16. The van der Waals surface area contributed by atoms with Gasteiger partial charge in [0.25, 0.3) is 0 Å². The van der Waals surface area contributed by atoms with Crippen LogP contribution in [0.2, 0.25) is 0 Å². The maximum Gasteiger partial charge on any atom is 0.167 e. The number of nitrogen functional groups attached to an aromatic ring is 2. The molecule has 6 heterocycles. The highest BCUT2D eigenvalue weighted by atomic mass is 16.6. The highest BCUT2D eigenvalue weighted by Gasteiger charge is 2.45. The SMILES string of the molecule is Nc1ncnc2c1ncn2C1O[C@H](CO)[C@@H](O)[C@H]1O.Nc1ncnc2c1ncn2[C@@H]1O[C@H](CO)[C@@H](O)[C@H]1O. The zero-order valence-electron chi connectivity index (χ0n) is 19.6. The van der Waals surface area contributed by atoms with Crippen molar-refractivity contribution in [2.45, 2.75) is 49.1 Å². The van der Waals surface area contributed by atoms with Crippen LogP contribution < -0.4 is 11.5 Å². The van der Waals surface area contributed by atoms with E-state index >= 15 is 0 Å². The molecule has 6 rings (SSSR count). The first-order valence-corrected chi connectivity index (χ1v) is 11.4. The van der Waals surface area contributed by atoms with Gasteiger partial charge < -0.3 is 51.6 Å². The van der Waals surface area contributed by atoms with Crippen molar-refractivity contribution in [2.75, 3.05) is 24.7 Å². The van der Waals surface area contributed by atoms with Crippen LogP contribution in [-0.4, -0.2) is 120 Å². The summed E-state index contributed by atoms with van der Waals surface area (Å²) in [7, 11) is 0. The van der Waals surface area contributed by atoms with Crippen molar-refractivity contribution < 1.29 is 40.1 Å². The number of rotatable bonds is 4. The number of imidazole rings is 2. The Bertz CT molecular complexity index is 1310. The van der Waals surface area contributed by atoms with E-state index in [1.165, 1.54) is 34.4 Å². The van der Waals surface area contributed by atoms with E-state index in [9.17, 15) is 20.4 Å². The minimum atomic E-state index is -1.19. The number of fused-ring (bicyclic) bond motifs is 2. The monoisotopic (exact) mass is 534 g/mol. The van der Waals surface area contributed by atoms with Gasteiger partial charge in [-0.15, -0.1) is 0 Å². The van der Waals surface area contributed by atoms with Gasteiger partial charge in [0.1, 0.15) is 60.3 Å². The molecule has 0 saturated carbocycles. The topological polar surface area (TPSA) is 279 Å². The second kappa shape index (κ2) is 10.3. The lowest BCUT2D eigenvalue weighted by atomic mass is 10.1. The van der Waals surface area contributed by atoms with Crippen LogP contribution in [-0.2, 0) is 9.47 Å². The first kappa shape index (κ1) is 26.0. The third kappa shape index (κ3) is 4.27. The van der Waals surface area contributed by atoms with Gasteiger partial charge in [-0.25, -0.2) is 29.9 Å². The second-order valence-corrected chi connectivity index (χ2v) is 8.62. The second-order valence-electron chi connectivity index (χ2n) is 8.62. The molecular formula is C20H26N10O8. The van der Waals surface area contributed by atoms with Gasteiger partial charge in [-0.3, -0.25) is 9.13 Å². The van der Waals surface area contributed by atoms with Gasteiger partial charge in [-0.1, -0.05) is 0 Å². The van der Waals surface area contributed by atoms with E-state index in [1.807, 2.05) is 0 Å². The van der Waals surface area contributed by atoms with E-state index in [0.717, 1.165) is 0 Å². The number of aliphatic hydroxyl groups is 6. The molecule has 38 heavy (non-hydrogen) atoms. The fourth-order valence-electron chi connectivity index (χ4n) is 4.33. The Labute approximate surface area is 212 Å². The van der Waals surface area contributed by atoms with Crippen LogP contribution in [0.25, 0.3) is 22.3 Å². The maximum atomic E-state index is 9.95. The summed E-state index contributed by atoms with van der Waals surface area (Å²) < 4.78 is 13.7. The smallest absolute Gasteiger partial charge is 0.167 e. The molecule has 10 N–H and O–H groups in total. The molecule has 0 aromatic carbocycles. The van der Waals surface area contributed by atoms with Crippen molar-refractivity contribution in [3.05, 3.63) is 25.3 Å². The summed E-state index contributed by atoms with van der Waals surface area (Å²) in [4.78, 5) is 23.8. The number of hydrogen-bond donors (Lipinski definition) is 8. The Morgan fingerprint density at radius 3 is 1.37 bits per heavy atom. The number of nitrogens with two attached hydrogens (primary N) is 2. The summed E-state index contributed by atoms with van der Waals surface area (Å²) >= 11 is 0. The van der Waals surface area contributed by atoms with E-state index in [4.69, 9.17) is 31.2 Å². The van der Waals surface area contributed by atoms with Crippen LogP contribution in [0.3, 0.4) is 0 Å². The molecule has 2 saturated heterocycles. The highest BCUT2D eigenvalue weighted by molar-refractivity contribution is 5.81. The Balaban J connectivity index is 0.000000155. The zero-order valence-corrected chi connectivity index (χ0v) is 19.6. The fraction of sp³-hybridized carbons (Fsp3) is 0.500. The number of anilines is 2. The Morgan fingerprint density at radius 1 is 0.632 bits per heavy atom. The van der Waals surface area contributed by atoms with E-state index in [-0.39, 0.29) is 11.6 Å². The molecule has 18 heteroatoms. The van der Waals surface area contributed by atoms with Crippen LogP contribution in [0, 0.1) is 0 Å². The zero-order chi connectivity index (χ0) is 27.1. The van der Waals surface area contributed by atoms with Gasteiger partial charge in [-0.05, 0) is 0 Å². The van der Waals surface area contributed by atoms with Crippen molar-refractivity contribution >= 4 is 34.0 Å². The van der Waals surface area contributed by atoms with Crippen LogP contribution in [0.15, 0.2) is 25.3 Å². The molecule has 4 aromatic heterocycles. The number of ether oxygens (including phenoxy) is 2.